The zero-order valence-electron chi connectivity index (χ0n) is 11.2. The van der Waals surface area contributed by atoms with Gasteiger partial charge in [-0.1, -0.05) is 70.3 Å². The van der Waals surface area contributed by atoms with Gasteiger partial charge in [0.25, 0.3) is 0 Å². The summed E-state index contributed by atoms with van der Waals surface area (Å²) >= 11 is 15.7. The van der Waals surface area contributed by atoms with Crippen LogP contribution in [0.25, 0.3) is 0 Å². The normalized spacial score (nSPS) is 12.4. The molecule has 20 heavy (non-hydrogen) atoms. The Morgan fingerprint density at radius 1 is 1.10 bits per heavy atom. The van der Waals surface area contributed by atoms with E-state index >= 15 is 0 Å². The monoisotopic (exact) mass is 371 g/mol. The first-order chi connectivity index (χ1) is 9.61. The zero-order valence-corrected chi connectivity index (χ0v) is 14.3. The summed E-state index contributed by atoms with van der Waals surface area (Å²) in [6.07, 6.45) is 0.868. The molecule has 0 aliphatic rings. The predicted octanol–water partition coefficient (Wildman–Crippen LogP) is 5.65. The number of nitrogens with one attached hydrogen (secondary N) is 1. The van der Waals surface area contributed by atoms with Gasteiger partial charge >= 0.3 is 0 Å². The van der Waals surface area contributed by atoms with Crippen LogP contribution >= 0.6 is 39.1 Å². The van der Waals surface area contributed by atoms with E-state index in [1.807, 2.05) is 24.3 Å². The lowest BCUT2D eigenvalue weighted by atomic mass is 9.99. The maximum Gasteiger partial charge on any atom is 0.0595 e. The Morgan fingerprint density at radius 2 is 1.85 bits per heavy atom. The van der Waals surface area contributed by atoms with Crippen molar-refractivity contribution in [2.24, 2.45) is 0 Å². The fourth-order valence-electron chi connectivity index (χ4n) is 2.20. The van der Waals surface area contributed by atoms with Crippen molar-refractivity contribution >= 4 is 39.1 Å². The van der Waals surface area contributed by atoms with Crippen molar-refractivity contribution in [3.05, 3.63) is 68.1 Å². The van der Waals surface area contributed by atoms with Gasteiger partial charge in [-0.3, -0.25) is 0 Å². The molecular formula is C16H16BrCl2N. The van der Waals surface area contributed by atoms with Crippen LogP contribution in [0.4, 0.5) is 0 Å². The third-order valence-electron chi connectivity index (χ3n) is 3.16. The molecule has 0 aromatic heterocycles. The van der Waals surface area contributed by atoms with Gasteiger partial charge in [0.05, 0.1) is 10.0 Å². The fourth-order valence-corrected chi connectivity index (χ4v) is 3.08. The van der Waals surface area contributed by atoms with Crippen molar-refractivity contribution in [3.63, 3.8) is 0 Å². The van der Waals surface area contributed by atoms with E-state index in [-0.39, 0.29) is 6.04 Å². The van der Waals surface area contributed by atoms with Crippen LogP contribution in [0.2, 0.25) is 10.0 Å². The van der Waals surface area contributed by atoms with E-state index in [0.29, 0.717) is 10.0 Å². The van der Waals surface area contributed by atoms with Gasteiger partial charge in [-0.2, -0.15) is 0 Å². The maximum atomic E-state index is 6.09. The Labute approximate surface area is 138 Å². The van der Waals surface area contributed by atoms with Crippen LogP contribution in [0.1, 0.15) is 24.1 Å². The minimum Gasteiger partial charge on any atom is -0.310 e. The topological polar surface area (TPSA) is 12.0 Å². The first kappa shape index (κ1) is 15.8. The molecule has 2 aromatic rings. The lowest BCUT2D eigenvalue weighted by molar-refractivity contribution is 0.548. The highest BCUT2D eigenvalue weighted by Crippen LogP contribution is 2.28. The molecule has 1 unspecified atom stereocenters. The Balaban J connectivity index is 2.25. The Bertz CT molecular complexity index is 586. The van der Waals surface area contributed by atoms with Crippen molar-refractivity contribution in [2.75, 3.05) is 6.54 Å². The summed E-state index contributed by atoms with van der Waals surface area (Å²) in [4.78, 5) is 0. The van der Waals surface area contributed by atoms with E-state index in [4.69, 9.17) is 23.2 Å². The highest BCUT2D eigenvalue weighted by Gasteiger charge is 2.14. The van der Waals surface area contributed by atoms with Crippen LogP contribution in [0.15, 0.2) is 46.9 Å². The molecule has 2 rings (SSSR count). The summed E-state index contributed by atoms with van der Waals surface area (Å²) in [7, 11) is 0. The number of hydrogen-bond acceptors (Lipinski definition) is 1. The summed E-state index contributed by atoms with van der Waals surface area (Å²) in [5.41, 5.74) is 2.42. The van der Waals surface area contributed by atoms with Gasteiger partial charge in [0.1, 0.15) is 0 Å². The molecule has 0 heterocycles. The second-order valence-electron chi connectivity index (χ2n) is 4.58. The quantitative estimate of drug-likeness (QED) is 0.714. The van der Waals surface area contributed by atoms with Crippen LogP contribution in [0.5, 0.6) is 0 Å². The van der Waals surface area contributed by atoms with Crippen LogP contribution < -0.4 is 5.32 Å². The molecule has 106 valence electrons. The average Bonchev–Trinajstić information content (AvgIpc) is 2.43. The van der Waals surface area contributed by atoms with Crippen molar-refractivity contribution in [1.82, 2.24) is 5.32 Å². The van der Waals surface area contributed by atoms with Gasteiger partial charge < -0.3 is 5.32 Å². The molecular weight excluding hydrogens is 357 g/mol. The lowest BCUT2D eigenvalue weighted by Crippen LogP contribution is -2.23. The van der Waals surface area contributed by atoms with Crippen molar-refractivity contribution < 1.29 is 0 Å². The molecule has 0 amide bonds. The molecule has 0 saturated carbocycles. The third-order valence-corrected chi connectivity index (χ3v) is 4.62. The molecule has 4 heteroatoms. The predicted molar refractivity (Wildman–Crippen MR) is 90.7 cm³/mol. The molecule has 0 fully saturated rings. The largest absolute Gasteiger partial charge is 0.310 e. The van der Waals surface area contributed by atoms with Gasteiger partial charge in [-0.15, -0.1) is 0 Å². The average molecular weight is 373 g/mol. The molecule has 0 aliphatic carbocycles. The minimum atomic E-state index is 0.243. The van der Waals surface area contributed by atoms with Crippen molar-refractivity contribution in [3.8, 4) is 0 Å². The van der Waals surface area contributed by atoms with E-state index in [1.165, 1.54) is 11.1 Å². The highest BCUT2D eigenvalue weighted by atomic mass is 79.9. The van der Waals surface area contributed by atoms with E-state index < -0.39 is 0 Å². The molecule has 0 radical (unpaired) electrons. The molecule has 1 nitrogen and oxygen atoms in total. The number of likely N-dealkylation sites (N-methyl/N-ethyl adjacent to an activating group) is 1. The van der Waals surface area contributed by atoms with E-state index in [2.05, 4.69) is 46.4 Å². The van der Waals surface area contributed by atoms with Gasteiger partial charge in [0, 0.05) is 10.5 Å². The molecule has 2 aromatic carbocycles. The van der Waals surface area contributed by atoms with Gasteiger partial charge in [-0.25, -0.2) is 0 Å². The molecule has 1 atom stereocenters. The first-order valence-electron chi connectivity index (χ1n) is 6.53. The van der Waals surface area contributed by atoms with Crippen LogP contribution in [0, 0.1) is 0 Å². The van der Waals surface area contributed by atoms with Gasteiger partial charge in [-0.05, 0) is 42.3 Å². The second kappa shape index (κ2) is 7.46. The second-order valence-corrected chi connectivity index (χ2v) is 6.25. The van der Waals surface area contributed by atoms with Crippen LogP contribution in [-0.4, -0.2) is 6.54 Å². The van der Waals surface area contributed by atoms with Crippen LogP contribution in [-0.2, 0) is 6.42 Å². The maximum absolute atomic E-state index is 6.09. The van der Waals surface area contributed by atoms with Crippen molar-refractivity contribution in [1.29, 1.82) is 0 Å². The zero-order chi connectivity index (χ0) is 14.5. The van der Waals surface area contributed by atoms with Crippen molar-refractivity contribution in [2.45, 2.75) is 19.4 Å². The summed E-state index contributed by atoms with van der Waals surface area (Å²) in [6.45, 7) is 3.02. The smallest absolute Gasteiger partial charge is 0.0595 e. The Morgan fingerprint density at radius 3 is 2.50 bits per heavy atom. The first-order valence-corrected chi connectivity index (χ1v) is 8.08. The molecule has 0 spiro atoms. The summed E-state index contributed by atoms with van der Waals surface area (Å²) in [5.74, 6) is 0. The fraction of sp³-hybridized carbons (Fsp3) is 0.250. The number of benzene rings is 2. The van der Waals surface area contributed by atoms with E-state index in [0.717, 1.165) is 17.4 Å². The minimum absolute atomic E-state index is 0.243. The summed E-state index contributed by atoms with van der Waals surface area (Å²) in [6, 6.07) is 14.3. The molecule has 1 N–H and O–H groups in total. The molecule has 0 bridgehead atoms. The van der Waals surface area contributed by atoms with Gasteiger partial charge in [0.15, 0.2) is 0 Å². The van der Waals surface area contributed by atoms with E-state index in [1.54, 1.807) is 0 Å². The third kappa shape index (κ3) is 3.98. The summed E-state index contributed by atoms with van der Waals surface area (Å²) < 4.78 is 1.12. The SMILES string of the molecule is CCNC(Cc1ccc(Cl)c(Cl)c1)c1ccccc1Br. The molecule has 0 aliphatic heterocycles. The van der Waals surface area contributed by atoms with Gasteiger partial charge in [0.2, 0.25) is 0 Å². The highest BCUT2D eigenvalue weighted by molar-refractivity contribution is 9.10. The lowest BCUT2D eigenvalue weighted by Gasteiger charge is -2.20. The standard InChI is InChI=1S/C16H16BrCl2N/c1-2-20-16(12-5-3-4-6-13(12)17)10-11-7-8-14(18)15(19)9-11/h3-9,16,20H,2,10H2,1H3. The van der Waals surface area contributed by atoms with E-state index in [9.17, 15) is 0 Å². The Hall–Kier alpha value is -0.540. The Kier molecular flexibility index (Phi) is 5.91. The number of halogens is 3. The number of rotatable bonds is 5. The summed E-state index contributed by atoms with van der Waals surface area (Å²) in [5, 5.41) is 4.71. The molecule has 0 saturated heterocycles. The van der Waals surface area contributed by atoms with Crippen LogP contribution in [0.3, 0.4) is 0 Å². The number of hydrogen-bond donors (Lipinski definition) is 1.